The average Bonchev–Trinajstić information content (AvgIpc) is 2.92. The van der Waals surface area contributed by atoms with Gasteiger partial charge in [0.05, 0.1) is 23.8 Å². The minimum Gasteiger partial charge on any atom is -0.347 e. The van der Waals surface area contributed by atoms with Crippen LogP contribution < -0.4 is 10.6 Å². The third-order valence-corrected chi connectivity index (χ3v) is 4.94. The van der Waals surface area contributed by atoms with E-state index < -0.39 is 5.82 Å². The van der Waals surface area contributed by atoms with Gasteiger partial charge >= 0.3 is 6.03 Å². The lowest BCUT2D eigenvalue weighted by Gasteiger charge is -2.27. The van der Waals surface area contributed by atoms with Crippen LogP contribution in [0.15, 0.2) is 30.4 Å². The summed E-state index contributed by atoms with van der Waals surface area (Å²) in [4.78, 5) is 26.6. The molecule has 9 heteroatoms. The molecule has 0 fully saturated rings. The Morgan fingerprint density at radius 3 is 2.96 bits per heavy atom. The summed E-state index contributed by atoms with van der Waals surface area (Å²) in [5, 5.41) is 9.99. The van der Waals surface area contributed by atoms with Gasteiger partial charge in [0, 0.05) is 30.8 Å². The number of halogens is 2. The van der Waals surface area contributed by atoms with E-state index in [1.807, 2.05) is 0 Å². The van der Waals surface area contributed by atoms with Crippen molar-refractivity contribution in [3.8, 4) is 0 Å². The molecular formula is C18H17ClFN5O2. The first-order chi connectivity index (χ1) is 12.9. The minimum atomic E-state index is -0.549. The molecule has 0 atom stereocenters. The number of amides is 3. The summed E-state index contributed by atoms with van der Waals surface area (Å²) in [7, 11) is 0. The molecule has 0 bridgehead atoms. The Hall–Kier alpha value is -2.87. The van der Waals surface area contributed by atoms with Crippen LogP contribution in [-0.2, 0) is 19.5 Å². The summed E-state index contributed by atoms with van der Waals surface area (Å²) in [6.45, 7) is 5.55. The highest BCUT2D eigenvalue weighted by atomic mass is 35.5. The summed E-state index contributed by atoms with van der Waals surface area (Å²) < 4.78 is 14.9. The summed E-state index contributed by atoms with van der Waals surface area (Å²) in [6, 6.07) is 3.65. The minimum absolute atomic E-state index is 0.0624. The van der Waals surface area contributed by atoms with Gasteiger partial charge in [0.2, 0.25) is 0 Å². The molecule has 140 valence electrons. The predicted octanol–water partition coefficient (Wildman–Crippen LogP) is 2.57. The summed E-state index contributed by atoms with van der Waals surface area (Å²) in [6.07, 6.45) is 0.548. The van der Waals surface area contributed by atoms with E-state index in [2.05, 4.69) is 22.3 Å². The van der Waals surface area contributed by atoms with Crippen molar-refractivity contribution < 1.29 is 14.0 Å². The third kappa shape index (κ3) is 3.28. The van der Waals surface area contributed by atoms with Crippen molar-refractivity contribution in [2.45, 2.75) is 19.5 Å². The topological polar surface area (TPSA) is 79.3 Å². The molecule has 27 heavy (non-hydrogen) atoms. The van der Waals surface area contributed by atoms with Crippen molar-refractivity contribution in [1.82, 2.24) is 20.0 Å². The van der Waals surface area contributed by atoms with Crippen LogP contribution in [0.3, 0.4) is 0 Å². The molecule has 3 heterocycles. The van der Waals surface area contributed by atoms with E-state index in [1.54, 1.807) is 9.58 Å². The maximum Gasteiger partial charge on any atom is 0.322 e. The van der Waals surface area contributed by atoms with E-state index in [4.69, 9.17) is 11.6 Å². The molecule has 4 rings (SSSR count). The number of nitrogens with zero attached hydrogens (tertiary/aromatic N) is 3. The molecule has 7 nitrogen and oxygen atoms in total. The van der Waals surface area contributed by atoms with Gasteiger partial charge in [-0.15, -0.1) is 0 Å². The van der Waals surface area contributed by atoms with Crippen molar-refractivity contribution in [2.75, 3.05) is 18.4 Å². The Kier molecular flexibility index (Phi) is 4.35. The van der Waals surface area contributed by atoms with Gasteiger partial charge in [-0.05, 0) is 23.8 Å². The lowest BCUT2D eigenvalue weighted by molar-refractivity contribution is 0.0949. The zero-order valence-corrected chi connectivity index (χ0v) is 15.1. The second-order valence-electron chi connectivity index (χ2n) is 6.59. The molecule has 0 saturated carbocycles. The molecule has 3 amide bonds. The van der Waals surface area contributed by atoms with Crippen LogP contribution in [0.25, 0.3) is 0 Å². The molecule has 0 saturated heterocycles. The highest BCUT2D eigenvalue weighted by molar-refractivity contribution is 6.31. The Bertz CT molecular complexity index is 971. The Labute approximate surface area is 159 Å². The first kappa shape index (κ1) is 17.5. The van der Waals surface area contributed by atoms with Gasteiger partial charge in [-0.2, -0.15) is 5.10 Å². The second kappa shape index (κ2) is 6.70. The Morgan fingerprint density at radius 1 is 1.37 bits per heavy atom. The first-order valence-electron chi connectivity index (χ1n) is 8.47. The molecule has 0 spiro atoms. The quantitative estimate of drug-likeness (QED) is 0.736. The van der Waals surface area contributed by atoms with Gasteiger partial charge in [0.1, 0.15) is 11.5 Å². The SMILES string of the molecule is C=C1CNC(=O)c2c3c(nn2C1)CCN(C(=O)Nc1ccc(F)c(Cl)c1)C3. The molecule has 1 aromatic heterocycles. The average molecular weight is 390 g/mol. The van der Waals surface area contributed by atoms with Crippen LogP contribution in [0.4, 0.5) is 14.9 Å². The second-order valence-corrected chi connectivity index (χ2v) is 7.00. The number of nitrogens with one attached hydrogen (secondary N) is 2. The molecular weight excluding hydrogens is 373 g/mol. The van der Waals surface area contributed by atoms with Gasteiger partial charge in [0.15, 0.2) is 0 Å². The smallest absolute Gasteiger partial charge is 0.322 e. The van der Waals surface area contributed by atoms with Crippen molar-refractivity contribution >= 4 is 29.2 Å². The van der Waals surface area contributed by atoms with E-state index in [0.29, 0.717) is 37.4 Å². The van der Waals surface area contributed by atoms with E-state index in [1.165, 1.54) is 18.2 Å². The largest absolute Gasteiger partial charge is 0.347 e. The van der Waals surface area contributed by atoms with Crippen molar-refractivity contribution in [1.29, 1.82) is 0 Å². The zero-order chi connectivity index (χ0) is 19.1. The number of rotatable bonds is 1. The number of fused-ring (bicyclic) bond motifs is 3. The molecule has 0 aliphatic carbocycles. The number of urea groups is 1. The lowest BCUT2D eigenvalue weighted by Crippen LogP contribution is -2.39. The fourth-order valence-corrected chi connectivity index (χ4v) is 3.48. The number of aromatic nitrogens is 2. The molecule has 0 radical (unpaired) electrons. The number of carbonyl (C=O) groups is 2. The normalized spacial score (nSPS) is 16.3. The fourth-order valence-electron chi connectivity index (χ4n) is 3.30. The van der Waals surface area contributed by atoms with Crippen LogP contribution in [0.2, 0.25) is 5.02 Å². The number of anilines is 1. The fraction of sp³-hybridized carbons (Fsp3) is 0.278. The number of carbonyl (C=O) groups excluding carboxylic acids is 2. The van der Waals surface area contributed by atoms with Crippen LogP contribution in [0, 0.1) is 5.82 Å². The highest BCUT2D eigenvalue weighted by Crippen LogP contribution is 2.25. The first-order valence-corrected chi connectivity index (χ1v) is 8.84. The molecule has 2 N–H and O–H groups in total. The maximum absolute atomic E-state index is 13.3. The van der Waals surface area contributed by atoms with Crippen molar-refractivity contribution in [3.63, 3.8) is 0 Å². The predicted molar refractivity (Wildman–Crippen MR) is 98.2 cm³/mol. The van der Waals surface area contributed by atoms with E-state index in [-0.39, 0.29) is 23.5 Å². The number of benzene rings is 1. The van der Waals surface area contributed by atoms with Gasteiger partial charge in [-0.1, -0.05) is 18.2 Å². The molecule has 0 unspecified atom stereocenters. The summed E-state index contributed by atoms with van der Waals surface area (Å²) >= 11 is 5.76. The Morgan fingerprint density at radius 2 is 2.19 bits per heavy atom. The van der Waals surface area contributed by atoms with Gasteiger partial charge < -0.3 is 15.5 Å². The monoisotopic (exact) mass is 389 g/mol. The van der Waals surface area contributed by atoms with E-state index in [9.17, 15) is 14.0 Å². The number of hydrogen-bond donors (Lipinski definition) is 2. The van der Waals surface area contributed by atoms with Crippen LogP contribution >= 0.6 is 11.6 Å². The Balaban J connectivity index is 1.56. The number of hydrogen-bond acceptors (Lipinski definition) is 3. The van der Waals surface area contributed by atoms with Crippen LogP contribution in [0.1, 0.15) is 21.7 Å². The lowest BCUT2D eigenvalue weighted by atomic mass is 10.1. The van der Waals surface area contributed by atoms with Crippen molar-refractivity contribution in [2.24, 2.45) is 0 Å². The molecule has 2 aromatic rings. The highest BCUT2D eigenvalue weighted by Gasteiger charge is 2.31. The van der Waals surface area contributed by atoms with E-state index >= 15 is 0 Å². The van der Waals surface area contributed by atoms with Gasteiger partial charge in [0.25, 0.3) is 5.91 Å². The standard InChI is InChI=1S/C18H17ClFN5O2/c1-10-7-21-17(26)16-12-9-24(5-4-15(12)23-25(16)8-10)18(27)22-11-2-3-14(20)13(19)6-11/h2-3,6H,1,4-5,7-9H2,(H,21,26)(H,22,27). The van der Waals surface area contributed by atoms with Gasteiger partial charge in [-0.25, -0.2) is 9.18 Å². The van der Waals surface area contributed by atoms with Crippen LogP contribution in [-0.4, -0.2) is 39.7 Å². The van der Waals surface area contributed by atoms with Gasteiger partial charge in [-0.3, -0.25) is 9.48 Å². The summed E-state index contributed by atoms with van der Waals surface area (Å²) in [5.74, 6) is -0.762. The van der Waals surface area contributed by atoms with E-state index in [0.717, 1.165) is 16.8 Å². The van der Waals surface area contributed by atoms with Crippen LogP contribution in [0.5, 0.6) is 0 Å². The zero-order valence-electron chi connectivity index (χ0n) is 14.4. The molecule has 2 aliphatic heterocycles. The maximum atomic E-state index is 13.3. The third-order valence-electron chi connectivity index (χ3n) is 4.65. The summed E-state index contributed by atoms with van der Waals surface area (Å²) in [5.41, 5.74) is 3.32. The molecule has 2 aliphatic rings. The van der Waals surface area contributed by atoms with Crippen molar-refractivity contribution in [3.05, 3.63) is 58.1 Å². The molecule has 1 aromatic carbocycles.